The molecule has 0 heterocycles. The predicted molar refractivity (Wildman–Crippen MR) is 117 cm³/mol. The molecule has 0 aromatic heterocycles. The summed E-state index contributed by atoms with van der Waals surface area (Å²) in [6, 6.07) is -4.14. The summed E-state index contributed by atoms with van der Waals surface area (Å²) >= 11 is 4.03. The van der Waals surface area contributed by atoms with Gasteiger partial charge in [-0.15, -0.1) is 0 Å². The highest BCUT2D eigenvalue weighted by Gasteiger charge is 2.40. The zero-order chi connectivity index (χ0) is 25.2. The predicted octanol–water partition coefficient (Wildman–Crippen LogP) is -0.256. The van der Waals surface area contributed by atoms with E-state index in [-0.39, 0.29) is 24.7 Å². The Morgan fingerprint density at radius 2 is 1.44 bits per heavy atom. The third kappa shape index (κ3) is 9.77. The summed E-state index contributed by atoms with van der Waals surface area (Å²) in [6.07, 6.45) is -1.20. The Labute approximate surface area is 193 Å². The molecule has 0 spiro atoms. The van der Waals surface area contributed by atoms with Crippen LogP contribution in [-0.4, -0.2) is 76.4 Å². The summed E-state index contributed by atoms with van der Waals surface area (Å²) in [4.78, 5) is 73.9. The minimum atomic E-state index is -1.79. The van der Waals surface area contributed by atoms with Crippen molar-refractivity contribution in [2.24, 2.45) is 5.73 Å². The number of esters is 2. The third-order valence-corrected chi connectivity index (χ3v) is 4.31. The van der Waals surface area contributed by atoms with Gasteiger partial charge in [-0.3, -0.25) is 28.9 Å². The van der Waals surface area contributed by atoms with Gasteiger partial charge in [0.15, 0.2) is 11.8 Å². The lowest BCUT2D eigenvalue weighted by molar-refractivity contribution is -0.166. The fraction of sp³-hybridized carbons (Fsp3) is 0.700. The first-order valence-electron chi connectivity index (χ1n) is 10.1. The molecule has 0 radical (unpaired) electrons. The van der Waals surface area contributed by atoms with E-state index >= 15 is 0 Å². The van der Waals surface area contributed by atoms with Gasteiger partial charge in [-0.2, -0.15) is 12.6 Å². The minimum absolute atomic E-state index is 0.0436. The van der Waals surface area contributed by atoms with Crippen LogP contribution in [-0.2, 0) is 38.2 Å². The number of Topliss-reactive ketones (excluding diaryl/α,β-unsaturated/α-hetero) is 1. The molecule has 3 atom stereocenters. The van der Waals surface area contributed by atoms with E-state index in [1.165, 1.54) is 0 Å². The van der Waals surface area contributed by atoms with Crippen molar-refractivity contribution in [3.05, 3.63) is 0 Å². The maximum Gasteiger partial charge on any atom is 0.337 e. The largest absolute Gasteiger partial charge is 0.462 e. The van der Waals surface area contributed by atoms with Gasteiger partial charge in [-0.1, -0.05) is 0 Å². The van der Waals surface area contributed by atoms with Crippen molar-refractivity contribution in [2.75, 3.05) is 5.75 Å². The second kappa shape index (κ2) is 13.8. The van der Waals surface area contributed by atoms with E-state index in [2.05, 4.69) is 17.9 Å². The molecule has 0 saturated carbocycles. The van der Waals surface area contributed by atoms with Gasteiger partial charge in [-0.05, 0) is 41.0 Å². The van der Waals surface area contributed by atoms with Crippen LogP contribution in [0.2, 0.25) is 0 Å². The highest BCUT2D eigenvalue weighted by Crippen LogP contribution is 2.11. The van der Waals surface area contributed by atoms with Crippen molar-refractivity contribution in [1.29, 1.82) is 0 Å². The first-order valence-corrected chi connectivity index (χ1v) is 10.8. The summed E-state index contributed by atoms with van der Waals surface area (Å²) in [7, 11) is 0. The van der Waals surface area contributed by atoms with Crippen LogP contribution in [0.1, 0.15) is 54.4 Å². The van der Waals surface area contributed by atoms with Gasteiger partial charge < -0.3 is 20.5 Å². The maximum absolute atomic E-state index is 12.9. The molecule has 182 valence electrons. The van der Waals surface area contributed by atoms with E-state index in [1.54, 1.807) is 27.7 Å². The monoisotopic (exact) mass is 475 g/mol. The number of ketones is 1. The van der Waals surface area contributed by atoms with Gasteiger partial charge in [0, 0.05) is 19.1 Å². The number of hydrogen-bond acceptors (Lipinski definition) is 10. The molecule has 0 rings (SSSR count). The quantitative estimate of drug-likeness (QED) is 0.196. The molecule has 0 saturated heterocycles. The normalized spacial score (nSPS) is 13.7. The van der Waals surface area contributed by atoms with E-state index < -0.39 is 59.7 Å². The molecule has 0 aromatic carbocycles. The number of carbonyl (C=O) groups is 6. The number of nitrogens with two attached hydrogens (primary N) is 1. The fourth-order valence-electron chi connectivity index (χ4n) is 2.56. The Bertz CT molecular complexity index is 726. The Hall–Kier alpha value is -2.47. The second-order valence-corrected chi connectivity index (χ2v) is 8.02. The topological polar surface area (TPSA) is 162 Å². The van der Waals surface area contributed by atoms with Crippen molar-refractivity contribution in [2.45, 2.75) is 84.7 Å². The molecule has 3 N–H and O–H groups in total. The summed E-state index contributed by atoms with van der Waals surface area (Å²) in [5.74, 6) is -5.24. The van der Waals surface area contributed by atoms with Crippen molar-refractivity contribution >= 4 is 48.1 Å². The third-order valence-electron chi connectivity index (χ3n) is 3.95. The van der Waals surface area contributed by atoms with Crippen LogP contribution in [0.25, 0.3) is 0 Å². The number of hydrogen-bond donors (Lipinski definition) is 3. The lowest BCUT2D eigenvalue weighted by atomic mass is 10.1. The molecule has 11 nitrogen and oxygen atoms in total. The van der Waals surface area contributed by atoms with Gasteiger partial charge in [0.25, 0.3) is 5.91 Å². The van der Waals surface area contributed by atoms with E-state index in [4.69, 9.17) is 15.2 Å². The van der Waals surface area contributed by atoms with Crippen molar-refractivity contribution < 1.29 is 38.2 Å². The number of rotatable bonds is 12. The number of imide groups is 1. The summed E-state index contributed by atoms with van der Waals surface area (Å²) in [5, 5.41) is 2.38. The average molecular weight is 476 g/mol. The Morgan fingerprint density at radius 1 is 0.938 bits per heavy atom. The fourth-order valence-corrected chi connectivity index (χ4v) is 2.81. The molecule has 0 aliphatic carbocycles. The van der Waals surface area contributed by atoms with Crippen LogP contribution < -0.4 is 11.1 Å². The molecule has 0 fully saturated rings. The highest BCUT2D eigenvalue weighted by molar-refractivity contribution is 7.80. The van der Waals surface area contributed by atoms with Gasteiger partial charge in [0.2, 0.25) is 11.8 Å². The molecule has 3 amide bonds. The van der Waals surface area contributed by atoms with Crippen molar-refractivity contribution in [3.63, 3.8) is 0 Å². The van der Waals surface area contributed by atoms with Crippen LogP contribution >= 0.6 is 12.6 Å². The van der Waals surface area contributed by atoms with E-state index in [9.17, 15) is 28.8 Å². The molecule has 0 aliphatic rings. The van der Waals surface area contributed by atoms with Crippen LogP contribution in [0, 0.1) is 0 Å². The SMILES string of the molecule is CC(=O)C(C(=O)OC(C)C)N(C(C)=O)C(=O)C(CS)NC(=O)CCC(N)C(=O)OC(C)C. The number of nitrogens with one attached hydrogen (secondary N) is 1. The molecule has 0 aliphatic heterocycles. The highest BCUT2D eigenvalue weighted by atomic mass is 32.1. The molecule has 0 aromatic rings. The summed E-state index contributed by atoms with van der Waals surface area (Å²) < 4.78 is 9.95. The van der Waals surface area contributed by atoms with Gasteiger partial charge in [0.1, 0.15) is 12.1 Å². The molecule has 0 bridgehead atoms. The number of nitrogens with zero attached hydrogens (tertiary/aromatic N) is 1. The molecular weight excluding hydrogens is 442 g/mol. The van der Waals surface area contributed by atoms with Gasteiger partial charge >= 0.3 is 11.9 Å². The van der Waals surface area contributed by atoms with Crippen LogP contribution in [0.5, 0.6) is 0 Å². The van der Waals surface area contributed by atoms with Crippen LogP contribution in [0.15, 0.2) is 0 Å². The minimum Gasteiger partial charge on any atom is -0.462 e. The lowest BCUT2D eigenvalue weighted by Crippen LogP contribution is -2.58. The summed E-state index contributed by atoms with van der Waals surface area (Å²) in [5.41, 5.74) is 5.69. The standard InChI is InChI=1S/C20H33N3O8S/c1-10(2)30-19(28)14(21)7-8-16(26)22-15(9-32)18(27)23(13(6)25)17(12(5)24)20(29)31-11(3)4/h10-11,14-15,17,32H,7-9,21H2,1-6H3,(H,22,26). The molecule has 3 unspecified atom stereocenters. The molecule has 12 heteroatoms. The van der Waals surface area contributed by atoms with E-state index in [1.807, 2.05) is 0 Å². The van der Waals surface area contributed by atoms with Crippen LogP contribution in [0.4, 0.5) is 0 Å². The van der Waals surface area contributed by atoms with Gasteiger partial charge in [0.05, 0.1) is 12.2 Å². The summed E-state index contributed by atoms with van der Waals surface area (Å²) in [6.45, 7) is 8.47. The number of amides is 3. The Morgan fingerprint density at radius 3 is 1.84 bits per heavy atom. The number of ether oxygens (including phenoxy) is 2. The number of carbonyl (C=O) groups excluding carboxylic acids is 6. The van der Waals surface area contributed by atoms with E-state index in [0.29, 0.717) is 4.90 Å². The molecular formula is C20H33N3O8S. The van der Waals surface area contributed by atoms with Crippen LogP contribution in [0.3, 0.4) is 0 Å². The zero-order valence-electron chi connectivity index (χ0n) is 19.2. The van der Waals surface area contributed by atoms with Crippen molar-refractivity contribution in [1.82, 2.24) is 10.2 Å². The Kier molecular flexibility index (Phi) is 12.8. The average Bonchev–Trinajstić information content (AvgIpc) is 2.65. The first kappa shape index (κ1) is 29.5. The maximum atomic E-state index is 12.9. The van der Waals surface area contributed by atoms with E-state index in [0.717, 1.165) is 13.8 Å². The van der Waals surface area contributed by atoms with Crippen molar-refractivity contribution in [3.8, 4) is 0 Å². The second-order valence-electron chi connectivity index (χ2n) is 7.66. The number of thiol groups is 1. The van der Waals surface area contributed by atoms with Gasteiger partial charge in [-0.25, -0.2) is 4.79 Å². The molecule has 32 heavy (non-hydrogen) atoms. The Balaban J connectivity index is 5.36. The first-order chi connectivity index (χ1) is 14.7. The zero-order valence-corrected chi connectivity index (χ0v) is 20.1. The smallest absolute Gasteiger partial charge is 0.337 e. The lowest BCUT2D eigenvalue weighted by Gasteiger charge is -2.29.